The first-order valence-corrected chi connectivity index (χ1v) is 13.7. The highest BCUT2D eigenvalue weighted by molar-refractivity contribution is 6.06. The highest BCUT2D eigenvalue weighted by Gasteiger charge is 2.49. The number of nitrogens with one attached hydrogen (secondary N) is 2. The van der Waals surface area contributed by atoms with Crippen molar-refractivity contribution in [3.05, 3.63) is 52.6 Å². The van der Waals surface area contributed by atoms with Gasteiger partial charge in [0.1, 0.15) is 12.4 Å². The monoisotopic (exact) mass is 558 g/mol. The minimum atomic E-state index is -4.69. The normalized spacial score (nSPS) is 25.6. The van der Waals surface area contributed by atoms with Gasteiger partial charge in [-0.2, -0.15) is 13.2 Å². The van der Waals surface area contributed by atoms with E-state index in [1.54, 1.807) is 13.0 Å². The van der Waals surface area contributed by atoms with E-state index in [1.165, 1.54) is 0 Å². The number of piperidine rings is 1. The van der Waals surface area contributed by atoms with E-state index in [4.69, 9.17) is 4.74 Å². The Bertz CT molecular complexity index is 1360. The number of benzene rings is 2. The van der Waals surface area contributed by atoms with Crippen molar-refractivity contribution in [2.75, 3.05) is 36.5 Å². The van der Waals surface area contributed by atoms with Gasteiger partial charge in [0, 0.05) is 24.8 Å². The van der Waals surface area contributed by atoms with E-state index in [1.807, 2.05) is 19.1 Å². The number of halogens is 3. The average molecular weight is 559 g/mol. The van der Waals surface area contributed by atoms with Crippen LogP contribution in [0, 0.1) is 6.92 Å². The molecular weight excluding hydrogens is 525 g/mol. The maximum Gasteiger partial charge on any atom is 0.418 e. The molecule has 3 heterocycles. The number of nitrogens with zero attached hydrogens (tertiary/aromatic N) is 2. The molecule has 0 bridgehead atoms. The third-order valence-electron chi connectivity index (χ3n) is 8.83. The van der Waals surface area contributed by atoms with Gasteiger partial charge in [-0.05, 0) is 81.9 Å². The summed E-state index contributed by atoms with van der Waals surface area (Å²) >= 11 is 0. The zero-order valence-electron chi connectivity index (χ0n) is 22.5. The lowest BCUT2D eigenvalue weighted by Gasteiger charge is -2.48. The quantitative estimate of drug-likeness (QED) is 0.508. The van der Waals surface area contributed by atoms with Gasteiger partial charge >= 0.3 is 12.2 Å². The standard InChI is InChI=1S/C29H33F3N4O4/c1-17-3-4-23-21(11-17)28(25(37)34-23)5-7-35(8-6-28)9-10-40-20-12-18-16-33-26(38)36(19-14-27(2,39)15-19)24(18)22(13-20)29(30,31)32/h3-4,11-13,19,39H,5-10,14-16H2,1-2H3,(H,33,38)(H,34,37)/t19-,27+. The van der Waals surface area contributed by atoms with Gasteiger partial charge in [-0.25, -0.2) is 4.79 Å². The number of hydrogen-bond donors (Lipinski definition) is 3. The molecule has 6 rings (SSSR count). The number of likely N-dealkylation sites (tertiary alicyclic amines) is 1. The van der Waals surface area contributed by atoms with Crippen LogP contribution < -0.4 is 20.3 Å². The predicted molar refractivity (Wildman–Crippen MR) is 142 cm³/mol. The van der Waals surface area contributed by atoms with Crippen LogP contribution in [0.4, 0.5) is 29.3 Å². The molecule has 1 saturated heterocycles. The molecule has 8 nitrogen and oxygen atoms in total. The molecule has 11 heteroatoms. The fraction of sp³-hybridized carbons (Fsp3) is 0.517. The van der Waals surface area contributed by atoms with Crippen LogP contribution in [0.5, 0.6) is 5.75 Å². The molecule has 2 aromatic rings. The summed E-state index contributed by atoms with van der Waals surface area (Å²) in [7, 11) is 0. The Kier molecular flexibility index (Phi) is 6.30. The first-order valence-electron chi connectivity index (χ1n) is 13.7. The molecule has 214 valence electrons. The lowest BCUT2D eigenvalue weighted by atomic mass is 9.73. The summed E-state index contributed by atoms with van der Waals surface area (Å²) in [5.74, 6) is 0.125. The highest BCUT2D eigenvalue weighted by atomic mass is 19.4. The summed E-state index contributed by atoms with van der Waals surface area (Å²) in [6.07, 6.45) is -2.95. The highest BCUT2D eigenvalue weighted by Crippen LogP contribution is 2.47. The topological polar surface area (TPSA) is 94.1 Å². The molecule has 0 aromatic heterocycles. The van der Waals surface area contributed by atoms with Gasteiger partial charge in [-0.3, -0.25) is 14.6 Å². The van der Waals surface area contributed by atoms with E-state index in [0.29, 0.717) is 38.0 Å². The zero-order valence-corrected chi connectivity index (χ0v) is 22.5. The molecule has 3 aliphatic heterocycles. The lowest BCUT2D eigenvalue weighted by molar-refractivity contribution is -0.137. The number of anilines is 2. The second kappa shape index (κ2) is 9.37. The number of hydrogen-bond acceptors (Lipinski definition) is 5. The van der Waals surface area contributed by atoms with Gasteiger partial charge in [0.05, 0.1) is 22.3 Å². The molecule has 1 saturated carbocycles. The molecule has 1 spiro atoms. The van der Waals surface area contributed by atoms with Crippen molar-refractivity contribution in [1.82, 2.24) is 10.2 Å². The number of aliphatic hydroxyl groups is 1. The molecule has 0 unspecified atom stereocenters. The smallest absolute Gasteiger partial charge is 0.418 e. The molecule has 3 amide bonds. The second-order valence-electron chi connectivity index (χ2n) is 11.8. The van der Waals surface area contributed by atoms with Gasteiger partial charge in [-0.15, -0.1) is 0 Å². The Hall–Kier alpha value is -3.31. The molecule has 1 aliphatic carbocycles. The van der Waals surface area contributed by atoms with E-state index in [2.05, 4.69) is 21.6 Å². The van der Waals surface area contributed by atoms with Crippen LogP contribution in [-0.4, -0.2) is 59.8 Å². The first kappa shape index (κ1) is 26.9. The molecule has 0 radical (unpaired) electrons. The van der Waals surface area contributed by atoms with Crippen molar-refractivity contribution >= 4 is 23.3 Å². The maximum absolute atomic E-state index is 14.2. The number of fused-ring (bicyclic) bond motifs is 3. The van der Waals surface area contributed by atoms with Gasteiger partial charge < -0.3 is 20.5 Å². The Labute approximate surface area is 230 Å². The van der Waals surface area contributed by atoms with Gasteiger partial charge in [-0.1, -0.05) is 17.7 Å². The van der Waals surface area contributed by atoms with Crippen molar-refractivity contribution in [1.29, 1.82) is 0 Å². The van der Waals surface area contributed by atoms with Crippen LogP contribution in [0.25, 0.3) is 0 Å². The van der Waals surface area contributed by atoms with Crippen LogP contribution in [0.15, 0.2) is 30.3 Å². The SMILES string of the molecule is Cc1ccc2c(c1)C1(CCN(CCOc3cc4c(c(C(F)(F)F)c3)N([C@H]3C[C@@](C)(O)C3)C(=O)NC4)CC1)C(=O)N2. The van der Waals surface area contributed by atoms with Gasteiger partial charge in [0.2, 0.25) is 5.91 Å². The molecule has 2 aromatic carbocycles. The molecule has 40 heavy (non-hydrogen) atoms. The van der Waals surface area contributed by atoms with E-state index < -0.39 is 34.8 Å². The second-order valence-corrected chi connectivity index (χ2v) is 11.8. The number of alkyl halides is 3. The number of carbonyl (C=O) groups is 2. The molecule has 2 fully saturated rings. The van der Waals surface area contributed by atoms with Crippen molar-refractivity contribution in [2.24, 2.45) is 0 Å². The van der Waals surface area contributed by atoms with Crippen LogP contribution in [0.2, 0.25) is 0 Å². The van der Waals surface area contributed by atoms with Crippen LogP contribution >= 0.6 is 0 Å². The van der Waals surface area contributed by atoms with Crippen molar-refractivity contribution in [2.45, 2.75) is 69.3 Å². The zero-order chi connectivity index (χ0) is 28.4. The first-order chi connectivity index (χ1) is 18.9. The van der Waals surface area contributed by atoms with Crippen LogP contribution in [-0.2, 0) is 22.9 Å². The summed E-state index contributed by atoms with van der Waals surface area (Å²) < 4.78 is 48.5. The molecule has 4 aliphatic rings. The summed E-state index contributed by atoms with van der Waals surface area (Å²) in [4.78, 5) is 28.8. The maximum atomic E-state index is 14.2. The van der Waals surface area contributed by atoms with Crippen molar-refractivity contribution in [3.63, 3.8) is 0 Å². The minimum Gasteiger partial charge on any atom is -0.492 e. The molecule has 3 N–H and O–H groups in total. The number of ether oxygens (including phenoxy) is 1. The van der Waals surface area contributed by atoms with Crippen LogP contribution in [0.3, 0.4) is 0 Å². The van der Waals surface area contributed by atoms with Crippen molar-refractivity contribution < 1.29 is 32.6 Å². The predicted octanol–water partition coefficient (Wildman–Crippen LogP) is 4.32. The van der Waals surface area contributed by atoms with Crippen LogP contribution in [0.1, 0.15) is 54.9 Å². The summed E-state index contributed by atoms with van der Waals surface area (Å²) in [6, 6.07) is 7.43. The fourth-order valence-corrected chi connectivity index (χ4v) is 6.70. The van der Waals surface area contributed by atoms with Gasteiger partial charge in [0.25, 0.3) is 0 Å². The Balaban J connectivity index is 1.14. The number of rotatable bonds is 5. The van der Waals surface area contributed by atoms with E-state index in [0.717, 1.165) is 27.8 Å². The molecular formula is C29H33F3N4O4. The third-order valence-corrected chi connectivity index (χ3v) is 8.83. The van der Waals surface area contributed by atoms with E-state index in [9.17, 15) is 27.9 Å². The molecule has 0 atom stereocenters. The summed E-state index contributed by atoms with van der Waals surface area (Å²) in [5, 5.41) is 15.8. The average Bonchev–Trinajstić information content (AvgIpc) is 3.13. The number of amides is 3. The third kappa shape index (κ3) is 4.58. The number of urea groups is 1. The minimum absolute atomic E-state index is 0.0318. The van der Waals surface area contributed by atoms with E-state index >= 15 is 0 Å². The van der Waals surface area contributed by atoms with Crippen molar-refractivity contribution in [3.8, 4) is 5.75 Å². The Morgan fingerprint density at radius 1 is 1.12 bits per heavy atom. The Morgan fingerprint density at radius 3 is 2.52 bits per heavy atom. The number of carbonyl (C=O) groups excluding carboxylic acids is 2. The largest absolute Gasteiger partial charge is 0.492 e. The Morgan fingerprint density at radius 2 is 1.85 bits per heavy atom. The number of aryl methyl sites for hydroxylation is 1. The lowest BCUT2D eigenvalue weighted by Crippen LogP contribution is -2.59. The van der Waals surface area contributed by atoms with E-state index in [-0.39, 0.29) is 43.3 Å². The van der Waals surface area contributed by atoms with Gasteiger partial charge in [0.15, 0.2) is 0 Å². The summed E-state index contributed by atoms with van der Waals surface area (Å²) in [5.41, 5.74) is 0.753. The fourth-order valence-electron chi connectivity index (χ4n) is 6.70. The summed E-state index contributed by atoms with van der Waals surface area (Å²) in [6.45, 7) is 5.63.